The van der Waals surface area contributed by atoms with Gasteiger partial charge in [-0.3, -0.25) is 38.5 Å². The van der Waals surface area contributed by atoms with Crippen LogP contribution in [0.5, 0.6) is 0 Å². The number of hydrogen-bond acceptors (Lipinski definition) is 16. The predicted molar refractivity (Wildman–Crippen MR) is 214 cm³/mol. The third kappa shape index (κ3) is 30.0. The Morgan fingerprint density at radius 1 is 0.712 bits per heavy atom. The van der Waals surface area contributed by atoms with Gasteiger partial charge >= 0.3 is 5.97 Å². The number of ketones is 1. The highest BCUT2D eigenvalue weighted by atomic mass is 32.2. The molecule has 338 valence electrons. The minimum Gasteiger partial charge on any atom is -0.461 e. The highest BCUT2D eigenvalue weighted by molar-refractivity contribution is 7.99. The molecule has 1 unspecified atom stereocenters. The van der Waals surface area contributed by atoms with Gasteiger partial charge in [0.1, 0.15) is 24.5 Å². The van der Waals surface area contributed by atoms with E-state index in [1.54, 1.807) is 6.92 Å². The third-order valence-electron chi connectivity index (χ3n) is 7.83. The normalized spacial score (nSPS) is 15.0. The molecule has 0 spiro atoms. The first kappa shape index (κ1) is 51.4. The summed E-state index contributed by atoms with van der Waals surface area (Å²) in [5.74, 6) is -3.31. The van der Waals surface area contributed by atoms with Gasteiger partial charge in [0.15, 0.2) is 0 Å². The van der Waals surface area contributed by atoms with Gasteiger partial charge in [0.05, 0.1) is 79.0 Å². The molecule has 1 aliphatic rings. The molecule has 1 fully saturated rings. The summed E-state index contributed by atoms with van der Waals surface area (Å²) in [6.45, 7) is 9.47. The van der Waals surface area contributed by atoms with Crippen LogP contribution >= 0.6 is 11.8 Å². The molecule has 20 nitrogen and oxygen atoms in total. The molecule has 1 heterocycles. The number of rotatable bonds is 38. The Morgan fingerprint density at radius 2 is 1.29 bits per heavy atom. The fourth-order valence-corrected chi connectivity index (χ4v) is 5.71. The molecule has 0 radical (unpaired) electrons. The first-order chi connectivity index (χ1) is 28.8. The summed E-state index contributed by atoms with van der Waals surface area (Å²) in [5, 5.41) is 10.7. The molecule has 21 heteroatoms. The van der Waals surface area contributed by atoms with E-state index in [0.717, 1.165) is 0 Å². The second kappa shape index (κ2) is 35.1. The van der Waals surface area contributed by atoms with E-state index in [-0.39, 0.29) is 88.4 Å². The molecule has 6 amide bonds. The number of carbonyl (C=O) groups is 8. The molecule has 4 N–H and O–H groups in total. The van der Waals surface area contributed by atoms with Crippen LogP contribution in [0.3, 0.4) is 0 Å². The van der Waals surface area contributed by atoms with Gasteiger partial charge in [-0.25, -0.2) is 0 Å². The quantitative estimate of drug-likeness (QED) is 0.0340. The summed E-state index contributed by atoms with van der Waals surface area (Å²) >= 11 is 1.25. The third-order valence-corrected chi connectivity index (χ3v) is 8.89. The Kier molecular flexibility index (Phi) is 30.6. The van der Waals surface area contributed by atoms with Gasteiger partial charge in [0, 0.05) is 71.3 Å². The van der Waals surface area contributed by atoms with Gasteiger partial charge in [0.25, 0.3) is 0 Å². The smallest absolute Gasteiger partial charge is 0.306 e. The van der Waals surface area contributed by atoms with Crippen molar-refractivity contribution in [3.05, 3.63) is 0 Å². The number of imide groups is 1. The van der Waals surface area contributed by atoms with E-state index in [1.807, 2.05) is 6.92 Å². The lowest BCUT2D eigenvalue weighted by molar-refractivity contribution is -0.149. The zero-order valence-electron chi connectivity index (χ0n) is 35.7. The topological polar surface area (TPSA) is 253 Å². The SMILES string of the molecule is [3H]C1CC(=O)N(CC(=O)N[C@H](CSCCC(=O)NCCOCCOCCOCCOCC)C(=O)NCCOCCOCCCC(=O)NC[C@H](C)OC(=O)CCC(C)=O)C1=O. The Hall–Kier alpha value is -3.73. The van der Waals surface area contributed by atoms with Crippen molar-refractivity contribution in [3.63, 3.8) is 0 Å². The molecule has 3 atom stereocenters. The lowest BCUT2D eigenvalue weighted by atomic mass is 10.2. The maximum absolute atomic E-state index is 13.0. The summed E-state index contributed by atoms with van der Waals surface area (Å²) < 4.78 is 45.2. The van der Waals surface area contributed by atoms with Crippen LogP contribution in [0.25, 0.3) is 0 Å². The number of nitrogens with one attached hydrogen (secondary N) is 4. The lowest BCUT2D eigenvalue weighted by Gasteiger charge is -2.20. The van der Waals surface area contributed by atoms with Crippen molar-refractivity contribution in [3.8, 4) is 0 Å². The Bertz CT molecular complexity index is 1320. The number of nitrogens with zero attached hydrogens (tertiary/aromatic N) is 1. The molecule has 0 aromatic rings. The highest BCUT2D eigenvalue weighted by Gasteiger charge is 2.31. The van der Waals surface area contributed by atoms with E-state index in [4.69, 9.17) is 34.5 Å². The Morgan fingerprint density at radius 3 is 1.88 bits per heavy atom. The zero-order valence-corrected chi connectivity index (χ0v) is 35.5. The minimum absolute atomic E-state index is 0.00143. The number of likely N-dealkylation sites (tertiary alicyclic amines) is 1. The molecule has 59 heavy (non-hydrogen) atoms. The van der Waals surface area contributed by atoms with Crippen LogP contribution in [0.4, 0.5) is 0 Å². The number of carbonyl (C=O) groups excluding carboxylic acids is 8. The summed E-state index contributed by atoms with van der Waals surface area (Å²) in [6.07, 6.45) is -1.18. The molecule has 1 saturated heterocycles. The van der Waals surface area contributed by atoms with Crippen LogP contribution in [0.2, 0.25) is 0 Å². The van der Waals surface area contributed by atoms with E-state index >= 15 is 0 Å². The molecule has 0 aromatic carbocycles. The van der Waals surface area contributed by atoms with Gasteiger partial charge in [-0.05, 0) is 27.2 Å². The molecular weight excluding hydrogens is 799 g/mol. The van der Waals surface area contributed by atoms with Crippen molar-refractivity contribution in [2.24, 2.45) is 0 Å². The molecular formula is C38H65N5O15S. The predicted octanol–water partition coefficient (Wildman–Crippen LogP) is -0.707. The van der Waals surface area contributed by atoms with Crippen molar-refractivity contribution in [1.29, 1.82) is 0 Å². The average Bonchev–Trinajstić information content (AvgIpc) is 3.44. The maximum atomic E-state index is 13.0. The lowest BCUT2D eigenvalue weighted by Crippen LogP contribution is -2.51. The molecule has 0 aromatic heterocycles. The van der Waals surface area contributed by atoms with Crippen LogP contribution in [0.15, 0.2) is 0 Å². The maximum Gasteiger partial charge on any atom is 0.306 e. The van der Waals surface area contributed by atoms with Crippen LogP contribution in [0.1, 0.15) is 67.1 Å². The van der Waals surface area contributed by atoms with E-state index < -0.39 is 54.7 Å². The van der Waals surface area contributed by atoms with Gasteiger partial charge in [-0.15, -0.1) is 0 Å². The van der Waals surface area contributed by atoms with Gasteiger partial charge in [-0.2, -0.15) is 11.8 Å². The monoisotopic (exact) mass is 865 g/mol. The molecule has 0 aliphatic carbocycles. The van der Waals surface area contributed by atoms with Gasteiger partial charge < -0.3 is 59.2 Å². The number of hydrogen-bond donors (Lipinski definition) is 4. The van der Waals surface area contributed by atoms with E-state index in [9.17, 15) is 38.4 Å². The Balaban J connectivity index is 2.29. The average molecular weight is 866 g/mol. The highest BCUT2D eigenvalue weighted by Crippen LogP contribution is 2.11. The molecule has 0 saturated carbocycles. The number of Topliss-reactive ketones (excluding diaryl/α,β-unsaturated/α-hetero) is 1. The summed E-state index contributed by atoms with van der Waals surface area (Å²) in [5.41, 5.74) is 0. The Labute approximate surface area is 352 Å². The van der Waals surface area contributed by atoms with E-state index in [1.165, 1.54) is 18.7 Å². The molecule has 1 rings (SSSR count). The summed E-state index contributed by atoms with van der Waals surface area (Å²) in [4.78, 5) is 97.7. The van der Waals surface area contributed by atoms with Gasteiger partial charge in [0.2, 0.25) is 35.4 Å². The number of esters is 1. The summed E-state index contributed by atoms with van der Waals surface area (Å²) in [6, 6.07) is -1.06. The zero-order chi connectivity index (χ0) is 44.4. The first-order valence-corrected chi connectivity index (χ1v) is 21.1. The van der Waals surface area contributed by atoms with E-state index in [2.05, 4.69) is 21.3 Å². The van der Waals surface area contributed by atoms with Crippen molar-refractivity contribution in [1.82, 2.24) is 26.2 Å². The second-order valence-corrected chi connectivity index (χ2v) is 14.1. The summed E-state index contributed by atoms with van der Waals surface area (Å²) in [7, 11) is 0. The van der Waals surface area contributed by atoms with Crippen LogP contribution in [-0.4, -0.2) is 181 Å². The van der Waals surface area contributed by atoms with Crippen LogP contribution in [-0.2, 0) is 71.5 Å². The van der Waals surface area contributed by atoms with Crippen LogP contribution in [0, 0.1) is 0 Å². The van der Waals surface area contributed by atoms with E-state index in [0.29, 0.717) is 83.1 Å². The molecule has 1 aliphatic heterocycles. The minimum atomic E-state index is -1.26. The van der Waals surface area contributed by atoms with Crippen molar-refractivity contribution in [2.75, 3.05) is 117 Å². The number of ether oxygens (including phenoxy) is 7. The van der Waals surface area contributed by atoms with Crippen molar-refractivity contribution < 1.29 is 72.9 Å². The first-order valence-electron chi connectivity index (χ1n) is 20.5. The van der Waals surface area contributed by atoms with Crippen LogP contribution < -0.4 is 21.3 Å². The largest absolute Gasteiger partial charge is 0.461 e. The van der Waals surface area contributed by atoms with Crippen molar-refractivity contribution in [2.45, 2.75) is 77.8 Å². The number of amides is 6. The fourth-order valence-electron chi connectivity index (χ4n) is 4.75. The standard InChI is InChI=1S/C38H65N5O15S/c1-4-52-17-18-56-23-24-57-22-21-54-15-12-39-33(46)11-25-59-28-31(42-34(47)27-43-35(48)8-9-36(43)49)38(51)40-13-16-55-20-19-53-14-5-6-32(45)41-26-30(3)58-37(50)10-7-29(2)44/h30-31H,4-28H2,1-3H3,(H,39,46)(H,40,51)(H,41,45)(H,42,47)/t30-,31+/m0/s1/i8T/t8?,30-,31+. The fraction of sp³-hybridized carbons (Fsp3) is 0.789. The van der Waals surface area contributed by atoms with Gasteiger partial charge in [-0.1, -0.05) is 0 Å². The molecule has 0 bridgehead atoms. The number of thioether (sulfide) groups is 1. The second-order valence-electron chi connectivity index (χ2n) is 13.0. The van der Waals surface area contributed by atoms with Crippen molar-refractivity contribution >= 4 is 59.0 Å².